The summed E-state index contributed by atoms with van der Waals surface area (Å²) in [5.41, 5.74) is 2.74. The topological polar surface area (TPSA) is 17.1 Å². The molecule has 0 spiro atoms. The summed E-state index contributed by atoms with van der Waals surface area (Å²) in [5, 5.41) is 0. The van der Waals surface area contributed by atoms with Crippen molar-refractivity contribution in [3.63, 3.8) is 0 Å². The van der Waals surface area contributed by atoms with Crippen molar-refractivity contribution in [2.24, 2.45) is 11.8 Å². The lowest BCUT2D eigenvalue weighted by Gasteiger charge is -2.14. The molecule has 0 aromatic heterocycles. The Morgan fingerprint density at radius 2 is 2.15 bits per heavy atom. The van der Waals surface area contributed by atoms with Gasteiger partial charge in [-0.1, -0.05) is 24.6 Å². The van der Waals surface area contributed by atoms with Gasteiger partial charge in [-0.2, -0.15) is 0 Å². The fourth-order valence-electron chi connectivity index (χ4n) is 2.46. The van der Waals surface area contributed by atoms with Gasteiger partial charge in [-0.05, 0) is 31.3 Å². The molecule has 2 aliphatic carbocycles. The molecule has 0 aliphatic heterocycles. The SMILES string of the molecule is CC1=C2C=CC(C)C2C(=O)CCC1. The van der Waals surface area contributed by atoms with Crippen LogP contribution in [0.4, 0.5) is 0 Å². The molecule has 0 aromatic carbocycles. The minimum Gasteiger partial charge on any atom is -0.299 e. The maximum absolute atomic E-state index is 11.8. The zero-order chi connectivity index (χ0) is 9.42. The second kappa shape index (κ2) is 3.13. The molecule has 13 heavy (non-hydrogen) atoms. The van der Waals surface area contributed by atoms with Gasteiger partial charge in [0.2, 0.25) is 0 Å². The van der Waals surface area contributed by atoms with Gasteiger partial charge in [0.05, 0.1) is 0 Å². The van der Waals surface area contributed by atoms with Crippen LogP contribution < -0.4 is 0 Å². The van der Waals surface area contributed by atoms with Crippen molar-refractivity contribution in [3.05, 3.63) is 23.3 Å². The van der Waals surface area contributed by atoms with Crippen molar-refractivity contribution in [1.82, 2.24) is 0 Å². The van der Waals surface area contributed by atoms with Crippen molar-refractivity contribution in [2.75, 3.05) is 0 Å². The molecule has 0 N–H and O–H groups in total. The summed E-state index contributed by atoms with van der Waals surface area (Å²) in [7, 11) is 0. The van der Waals surface area contributed by atoms with Crippen LogP contribution in [0.3, 0.4) is 0 Å². The minimum absolute atomic E-state index is 0.197. The van der Waals surface area contributed by atoms with Gasteiger partial charge < -0.3 is 0 Å². The fraction of sp³-hybridized carbons (Fsp3) is 0.583. The number of allylic oxidation sites excluding steroid dienone is 4. The molecule has 1 heteroatoms. The first kappa shape index (κ1) is 8.74. The van der Waals surface area contributed by atoms with Crippen LogP contribution >= 0.6 is 0 Å². The summed E-state index contributed by atoms with van der Waals surface area (Å²) in [6, 6.07) is 0. The third kappa shape index (κ3) is 1.37. The summed E-state index contributed by atoms with van der Waals surface area (Å²) in [4.78, 5) is 11.8. The van der Waals surface area contributed by atoms with Crippen molar-refractivity contribution in [3.8, 4) is 0 Å². The Hall–Kier alpha value is -0.850. The zero-order valence-corrected chi connectivity index (χ0v) is 8.34. The summed E-state index contributed by atoms with van der Waals surface area (Å²) in [5.74, 6) is 1.07. The lowest BCUT2D eigenvalue weighted by molar-refractivity contribution is -0.122. The quantitative estimate of drug-likeness (QED) is 0.554. The van der Waals surface area contributed by atoms with Crippen LogP contribution in [0.1, 0.15) is 33.1 Å². The van der Waals surface area contributed by atoms with Crippen LogP contribution in [0.15, 0.2) is 23.3 Å². The second-order valence-electron chi connectivity index (χ2n) is 4.25. The summed E-state index contributed by atoms with van der Waals surface area (Å²) >= 11 is 0. The number of carbonyl (C=O) groups is 1. The Morgan fingerprint density at radius 1 is 1.38 bits per heavy atom. The van der Waals surface area contributed by atoms with E-state index < -0.39 is 0 Å². The van der Waals surface area contributed by atoms with Crippen LogP contribution in [-0.2, 0) is 4.79 Å². The first-order valence-corrected chi connectivity index (χ1v) is 5.10. The highest BCUT2D eigenvalue weighted by atomic mass is 16.1. The van der Waals surface area contributed by atoms with Gasteiger partial charge in [0, 0.05) is 12.3 Å². The molecular formula is C12H16O. The van der Waals surface area contributed by atoms with Gasteiger partial charge in [0.25, 0.3) is 0 Å². The van der Waals surface area contributed by atoms with Gasteiger partial charge in [0.1, 0.15) is 5.78 Å². The van der Waals surface area contributed by atoms with Crippen LogP contribution in [0.2, 0.25) is 0 Å². The van der Waals surface area contributed by atoms with Gasteiger partial charge >= 0.3 is 0 Å². The number of Topliss-reactive ketones (excluding diaryl/α,β-unsaturated/α-hetero) is 1. The van der Waals surface area contributed by atoms with E-state index in [9.17, 15) is 4.79 Å². The van der Waals surface area contributed by atoms with Crippen molar-refractivity contribution in [1.29, 1.82) is 0 Å². The van der Waals surface area contributed by atoms with Crippen LogP contribution in [-0.4, -0.2) is 5.78 Å². The van der Waals surface area contributed by atoms with E-state index in [2.05, 4.69) is 26.0 Å². The normalized spacial score (nSPS) is 33.5. The monoisotopic (exact) mass is 176 g/mol. The van der Waals surface area contributed by atoms with Crippen molar-refractivity contribution < 1.29 is 4.79 Å². The molecule has 2 rings (SSSR count). The predicted molar refractivity (Wildman–Crippen MR) is 53.4 cm³/mol. The van der Waals surface area contributed by atoms with Crippen LogP contribution in [0, 0.1) is 11.8 Å². The molecule has 0 bridgehead atoms. The van der Waals surface area contributed by atoms with E-state index in [1.807, 2.05) is 0 Å². The highest BCUT2D eigenvalue weighted by Crippen LogP contribution is 2.37. The third-order valence-corrected chi connectivity index (χ3v) is 3.25. The molecule has 0 amide bonds. The van der Waals surface area contributed by atoms with Gasteiger partial charge in [-0.25, -0.2) is 0 Å². The average Bonchev–Trinajstić information content (AvgIpc) is 2.40. The lowest BCUT2D eigenvalue weighted by Crippen LogP contribution is -2.17. The molecule has 2 unspecified atom stereocenters. The smallest absolute Gasteiger partial charge is 0.140 e. The van der Waals surface area contributed by atoms with Crippen molar-refractivity contribution >= 4 is 5.78 Å². The second-order valence-corrected chi connectivity index (χ2v) is 4.25. The van der Waals surface area contributed by atoms with E-state index in [1.165, 1.54) is 11.1 Å². The minimum atomic E-state index is 0.197. The fourth-order valence-corrected chi connectivity index (χ4v) is 2.46. The number of hydrogen-bond acceptors (Lipinski definition) is 1. The van der Waals surface area contributed by atoms with E-state index >= 15 is 0 Å². The molecule has 0 aromatic rings. The average molecular weight is 176 g/mol. The first-order chi connectivity index (χ1) is 6.20. The molecule has 0 saturated carbocycles. The highest BCUT2D eigenvalue weighted by Gasteiger charge is 2.32. The number of ketones is 1. The maximum Gasteiger partial charge on any atom is 0.140 e. The number of carbonyl (C=O) groups excluding carboxylic acids is 1. The first-order valence-electron chi connectivity index (χ1n) is 5.10. The van der Waals surface area contributed by atoms with Crippen LogP contribution in [0.5, 0.6) is 0 Å². The number of rotatable bonds is 0. The van der Waals surface area contributed by atoms with E-state index in [1.54, 1.807) is 0 Å². The van der Waals surface area contributed by atoms with Crippen LogP contribution in [0.25, 0.3) is 0 Å². The molecule has 1 nitrogen and oxygen atoms in total. The molecule has 2 aliphatic rings. The standard InChI is InChI=1S/C12H16O/c1-8-4-3-5-11(13)12-9(2)6-7-10(8)12/h6-7,9,12H,3-5H2,1-2H3. The molecule has 0 fully saturated rings. The Labute approximate surface area is 79.5 Å². The third-order valence-electron chi connectivity index (χ3n) is 3.25. The Kier molecular flexibility index (Phi) is 2.10. The predicted octanol–water partition coefficient (Wildman–Crippen LogP) is 2.88. The molecule has 0 saturated heterocycles. The van der Waals surface area contributed by atoms with E-state index in [0.717, 1.165) is 19.3 Å². The molecule has 0 radical (unpaired) electrons. The van der Waals surface area contributed by atoms with E-state index in [-0.39, 0.29) is 5.92 Å². The molecule has 0 heterocycles. The molecule has 2 atom stereocenters. The lowest BCUT2D eigenvalue weighted by atomic mass is 9.88. The van der Waals surface area contributed by atoms with Crippen molar-refractivity contribution in [2.45, 2.75) is 33.1 Å². The summed E-state index contributed by atoms with van der Waals surface area (Å²) in [6.45, 7) is 4.31. The van der Waals surface area contributed by atoms with E-state index in [4.69, 9.17) is 0 Å². The molecule has 70 valence electrons. The molecular weight excluding hydrogens is 160 g/mol. The zero-order valence-electron chi connectivity index (χ0n) is 8.34. The van der Waals surface area contributed by atoms with Gasteiger partial charge in [0.15, 0.2) is 0 Å². The highest BCUT2D eigenvalue weighted by molar-refractivity contribution is 5.86. The van der Waals surface area contributed by atoms with Gasteiger partial charge in [-0.15, -0.1) is 0 Å². The maximum atomic E-state index is 11.8. The largest absolute Gasteiger partial charge is 0.299 e. The number of fused-ring (bicyclic) bond motifs is 1. The van der Waals surface area contributed by atoms with E-state index in [0.29, 0.717) is 11.7 Å². The summed E-state index contributed by atoms with van der Waals surface area (Å²) < 4.78 is 0. The Balaban J connectivity index is 2.40. The summed E-state index contributed by atoms with van der Waals surface area (Å²) in [6.07, 6.45) is 7.26. The van der Waals surface area contributed by atoms with Gasteiger partial charge in [-0.3, -0.25) is 4.79 Å². The Morgan fingerprint density at radius 3 is 2.92 bits per heavy atom. The number of hydrogen-bond donors (Lipinski definition) is 0. The Bertz CT molecular complexity index is 296.